The molecule has 0 aliphatic carbocycles. The van der Waals surface area contributed by atoms with Crippen molar-refractivity contribution in [2.75, 3.05) is 5.32 Å². The molecular formula is C15H16ClNOS. The molecule has 0 aliphatic rings. The fraction of sp³-hybridized carbons (Fsp3) is 0.267. The van der Waals surface area contributed by atoms with E-state index < -0.39 is 0 Å². The summed E-state index contributed by atoms with van der Waals surface area (Å²) < 4.78 is 0.620. The van der Waals surface area contributed by atoms with Gasteiger partial charge in [-0.3, -0.25) is 4.79 Å². The number of anilines is 1. The number of hydrogen-bond acceptors (Lipinski definition) is 2. The van der Waals surface area contributed by atoms with Crippen LogP contribution in [0.25, 0.3) is 0 Å². The first-order valence-corrected chi connectivity index (χ1v) is 7.23. The van der Waals surface area contributed by atoms with Crippen molar-refractivity contribution in [1.29, 1.82) is 0 Å². The molecule has 100 valence electrons. The molecular weight excluding hydrogens is 278 g/mol. The van der Waals surface area contributed by atoms with E-state index >= 15 is 0 Å². The van der Waals surface area contributed by atoms with Crippen molar-refractivity contribution in [2.24, 2.45) is 0 Å². The Morgan fingerprint density at radius 1 is 1.16 bits per heavy atom. The summed E-state index contributed by atoms with van der Waals surface area (Å²) in [6.07, 6.45) is 0. The van der Waals surface area contributed by atoms with E-state index in [1.807, 2.05) is 24.3 Å². The van der Waals surface area contributed by atoms with Crippen molar-refractivity contribution in [3.05, 3.63) is 51.2 Å². The molecule has 1 amide bonds. The Labute approximate surface area is 122 Å². The SMILES string of the molecule is CC(C)(C)c1ccccc1NC(=O)c1ccc(Cl)s1. The van der Waals surface area contributed by atoms with E-state index in [-0.39, 0.29) is 11.3 Å². The van der Waals surface area contributed by atoms with Gasteiger partial charge in [-0.25, -0.2) is 0 Å². The predicted octanol–water partition coefficient (Wildman–Crippen LogP) is 4.95. The lowest BCUT2D eigenvalue weighted by Gasteiger charge is -2.22. The summed E-state index contributed by atoms with van der Waals surface area (Å²) in [6.45, 7) is 6.37. The average Bonchev–Trinajstić information content (AvgIpc) is 2.75. The molecule has 0 unspecified atom stereocenters. The topological polar surface area (TPSA) is 29.1 Å². The second kappa shape index (κ2) is 5.35. The Balaban J connectivity index is 2.27. The van der Waals surface area contributed by atoms with Crippen LogP contribution in [0.3, 0.4) is 0 Å². The van der Waals surface area contributed by atoms with Crippen LogP contribution in [0.15, 0.2) is 36.4 Å². The van der Waals surface area contributed by atoms with Gasteiger partial charge in [0.2, 0.25) is 0 Å². The van der Waals surface area contributed by atoms with Crippen molar-refractivity contribution >= 4 is 34.5 Å². The molecule has 1 aromatic heterocycles. The molecule has 0 atom stereocenters. The van der Waals surface area contributed by atoms with Gasteiger partial charge in [-0.05, 0) is 29.2 Å². The van der Waals surface area contributed by atoms with Gasteiger partial charge in [-0.2, -0.15) is 0 Å². The Morgan fingerprint density at radius 3 is 2.42 bits per heavy atom. The summed E-state index contributed by atoms with van der Waals surface area (Å²) in [5.74, 6) is -0.117. The van der Waals surface area contributed by atoms with E-state index in [1.54, 1.807) is 12.1 Å². The molecule has 0 radical (unpaired) electrons. The van der Waals surface area contributed by atoms with Gasteiger partial charge in [-0.1, -0.05) is 50.6 Å². The van der Waals surface area contributed by atoms with E-state index in [4.69, 9.17) is 11.6 Å². The van der Waals surface area contributed by atoms with Crippen LogP contribution in [0, 0.1) is 0 Å². The zero-order valence-corrected chi connectivity index (χ0v) is 12.7. The van der Waals surface area contributed by atoms with Gasteiger partial charge in [0, 0.05) is 5.69 Å². The molecule has 0 saturated carbocycles. The van der Waals surface area contributed by atoms with E-state index in [2.05, 4.69) is 26.1 Å². The quantitative estimate of drug-likeness (QED) is 0.834. The molecule has 1 aromatic carbocycles. The lowest BCUT2D eigenvalue weighted by atomic mass is 9.86. The van der Waals surface area contributed by atoms with E-state index in [1.165, 1.54) is 11.3 Å². The highest BCUT2D eigenvalue weighted by Crippen LogP contribution is 2.30. The number of hydrogen-bond donors (Lipinski definition) is 1. The summed E-state index contributed by atoms with van der Waals surface area (Å²) in [6, 6.07) is 11.3. The van der Waals surface area contributed by atoms with Crippen LogP contribution in [0.1, 0.15) is 36.0 Å². The van der Waals surface area contributed by atoms with Crippen LogP contribution in [-0.4, -0.2) is 5.91 Å². The van der Waals surface area contributed by atoms with Gasteiger partial charge in [0.25, 0.3) is 5.91 Å². The Kier molecular flexibility index (Phi) is 3.97. The highest BCUT2D eigenvalue weighted by atomic mass is 35.5. The zero-order valence-electron chi connectivity index (χ0n) is 11.2. The molecule has 1 heterocycles. The molecule has 0 fully saturated rings. The maximum atomic E-state index is 12.1. The number of para-hydroxylation sites is 1. The molecule has 0 aliphatic heterocycles. The van der Waals surface area contributed by atoms with Gasteiger partial charge < -0.3 is 5.32 Å². The van der Waals surface area contributed by atoms with Gasteiger partial charge in [-0.15, -0.1) is 11.3 Å². The van der Waals surface area contributed by atoms with E-state index in [9.17, 15) is 4.79 Å². The third-order valence-corrected chi connectivity index (χ3v) is 4.01. The van der Waals surface area contributed by atoms with E-state index in [0.717, 1.165) is 11.3 Å². The number of carbonyl (C=O) groups excluding carboxylic acids is 1. The molecule has 0 bridgehead atoms. The number of benzene rings is 1. The number of carbonyl (C=O) groups is 1. The summed E-state index contributed by atoms with van der Waals surface area (Å²) in [7, 11) is 0. The highest BCUT2D eigenvalue weighted by molar-refractivity contribution is 7.18. The van der Waals surface area contributed by atoms with E-state index in [0.29, 0.717) is 9.21 Å². The Hall–Kier alpha value is -1.32. The fourth-order valence-corrected chi connectivity index (χ4v) is 2.80. The smallest absolute Gasteiger partial charge is 0.265 e. The highest BCUT2D eigenvalue weighted by Gasteiger charge is 2.19. The van der Waals surface area contributed by atoms with Crippen LogP contribution in [0.4, 0.5) is 5.69 Å². The van der Waals surface area contributed by atoms with Crippen molar-refractivity contribution < 1.29 is 4.79 Å². The molecule has 2 rings (SSSR count). The van der Waals surface area contributed by atoms with Crippen molar-refractivity contribution in [3.8, 4) is 0 Å². The third kappa shape index (κ3) is 3.37. The zero-order chi connectivity index (χ0) is 14.0. The first kappa shape index (κ1) is 14.1. The monoisotopic (exact) mass is 293 g/mol. The lowest BCUT2D eigenvalue weighted by molar-refractivity contribution is 0.103. The lowest BCUT2D eigenvalue weighted by Crippen LogP contribution is -2.18. The standard InChI is InChI=1S/C15H16ClNOS/c1-15(2,3)10-6-4-5-7-11(10)17-14(18)12-8-9-13(16)19-12/h4-9H,1-3H3,(H,17,18). The van der Waals surface area contributed by atoms with Gasteiger partial charge in [0.15, 0.2) is 0 Å². The molecule has 0 spiro atoms. The largest absolute Gasteiger partial charge is 0.321 e. The molecule has 19 heavy (non-hydrogen) atoms. The maximum Gasteiger partial charge on any atom is 0.265 e. The second-order valence-corrected chi connectivity index (χ2v) is 7.07. The fourth-order valence-electron chi connectivity index (χ4n) is 1.87. The van der Waals surface area contributed by atoms with Crippen LogP contribution in [-0.2, 0) is 5.41 Å². The molecule has 2 aromatic rings. The Morgan fingerprint density at radius 2 is 1.84 bits per heavy atom. The van der Waals surface area contributed by atoms with Crippen molar-refractivity contribution in [1.82, 2.24) is 0 Å². The van der Waals surface area contributed by atoms with Gasteiger partial charge in [0.1, 0.15) is 0 Å². The van der Waals surface area contributed by atoms with Crippen LogP contribution < -0.4 is 5.32 Å². The predicted molar refractivity (Wildman–Crippen MR) is 82.4 cm³/mol. The molecule has 2 nitrogen and oxygen atoms in total. The number of rotatable bonds is 2. The Bertz CT molecular complexity index is 598. The van der Waals surface area contributed by atoms with Gasteiger partial charge >= 0.3 is 0 Å². The molecule has 0 saturated heterocycles. The number of amides is 1. The molecule has 4 heteroatoms. The van der Waals surface area contributed by atoms with Crippen LogP contribution >= 0.6 is 22.9 Å². The normalized spacial score (nSPS) is 11.4. The van der Waals surface area contributed by atoms with Gasteiger partial charge in [0.05, 0.1) is 9.21 Å². The first-order valence-electron chi connectivity index (χ1n) is 6.04. The molecule has 1 N–H and O–H groups in total. The van der Waals surface area contributed by atoms with Crippen molar-refractivity contribution in [3.63, 3.8) is 0 Å². The number of nitrogens with one attached hydrogen (secondary N) is 1. The summed E-state index contributed by atoms with van der Waals surface area (Å²) in [5, 5.41) is 2.96. The average molecular weight is 294 g/mol. The summed E-state index contributed by atoms with van der Waals surface area (Å²) in [5.41, 5.74) is 1.95. The number of thiophene rings is 1. The first-order chi connectivity index (χ1) is 8.88. The van der Waals surface area contributed by atoms with Crippen LogP contribution in [0.2, 0.25) is 4.34 Å². The second-order valence-electron chi connectivity index (χ2n) is 5.35. The minimum absolute atomic E-state index is 0.0169. The minimum atomic E-state index is -0.117. The third-order valence-electron chi connectivity index (χ3n) is 2.78. The van der Waals surface area contributed by atoms with Crippen LogP contribution in [0.5, 0.6) is 0 Å². The minimum Gasteiger partial charge on any atom is -0.321 e. The number of halogens is 1. The van der Waals surface area contributed by atoms with Crippen molar-refractivity contribution in [2.45, 2.75) is 26.2 Å². The maximum absolute atomic E-state index is 12.1. The summed E-state index contributed by atoms with van der Waals surface area (Å²) >= 11 is 7.13. The summed E-state index contributed by atoms with van der Waals surface area (Å²) in [4.78, 5) is 12.8.